The fourth-order valence-corrected chi connectivity index (χ4v) is 2.75. The molecule has 0 saturated carbocycles. The minimum absolute atomic E-state index is 0.515. The van der Waals surface area contributed by atoms with E-state index in [1.54, 1.807) is 0 Å². The molecule has 1 aromatic rings. The van der Waals surface area contributed by atoms with Crippen molar-refractivity contribution in [1.29, 1.82) is 0 Å². The lowest BCUT2D eigenvalue weighted by molar-refractivity contribution is 0.129. The third kappa shape index (κ3) is 4.06. The van der Waals surface area contributed by atoms with Gasteiger partial charge in [0.2, 0.25) is 0 Å². The van der Waals surface area contributed by atoms with Gasteiger partial charge in [-0.05, 0) is 25.0 Å². The average molecular weight is 237 g/mol. The summed E-state index contributed by atoms with van der Waals surface area (Å²) in [6.07, 6.45) is 3.01. The first-order chi connectivity index (χ1) is 7.95. The predicted octanol–water partition coefficient (Wildman–Crippen LogP) is 3.01. The third-order valence-corrected chi connectivity index (χ3v) is 3.78. The predicted molar refractivity (Wildman–Crippen MR) is 71.2 cm³/mol. The maximum absolute atomic E-state index is 5.58. The Morgan fingerprint density at radius 3 is 2.94 bits per heavy atom. The molecule has 0 radical (unpaired) electrons. The first-order valence-electron chi connectivity index (χ1n) is 5.93. The van der Waals surface area contributed by atoms with Crippen molar-refractivity contribution < 1.29 is 4.74 Å². The Bertz CT molecular complexity index is 285. The molecule has 1 aromatic carbocycles. The molecule has 88 valence electrons. The molecule has 2 rings (SSSR count). The number of hydrogen-bond donors (Lipinski definition) is 1. The fourth-order valence-electron chi connectivity index (χ4n) is 1.81. The largest absolute Gasteiger partial charge is 0.384 e. The summed E-state index contributed by atoms with van der Waals surface area (Å²) in [5, 5.41) is 3.41. The Morgan fingerprint density at radius 2 is 2.19 bits per heavy atom. The fraction of sp³-hybridized carbons (Fsp3) is 0.538. The van der Waals surface area contributed by atoms with Gasteiger partial charge in [0.25, 0.3) is 0 Å². The van der Waals surface area contributed by atoms with E-state index in [1.165, 1.54) is 18.5 Å². The van der Waals surface area contributed by atoms with Crippen LogP contribution in [0.15, 0.2) is 30.3 Å². The van der Waals surface area contributed by atoms with Gasteiger partial charge in [0, 0.05) is 30.3 Å². The van der Waals surface area contributed by atoms with Gasteiger partial charge in [-0.15, -0.1) is 0 Å². The molecule has 1 aliphatic heterocycles. The lowest BCUT2D eigenvalue weighted by atomic mass is 10.3. The second-order valence-electron chi connectivity index (χ2n) is 4.00. The van der Waals surface area contributed by atoms with Crippen molar-refractivity contribution >= 4 is 17.4 Å². The van der Waals surface area contributed by atoms with Crippen LogP contribution < -0.4 is 5.32 Å². The quantitative estimate of drug-likeness (QED) is 0.768. The van der Waals surface area contributed by atoms with Gasteiger partial charge in [0.05, 0.1) is 6.10 Å². The van der Waals surface area contributed by atoms with Crippen LogP contribution in [0.3, 0.4) is 0 Å². The number of ether oxygens (including phenoxy) is 1. The molecule has 1 N–H and O–H groups in total. The highest BCUT2D eigenvalue weighted by Gasteiger charge is 2.14. The lowest BCUT2D eigenvalue weighted by Gasteiger charge is -2.09. The molecule has 0 spiro atoms. The molecule has 3 heteroatoms. The van der Waals surface area contributed by atoms with Gasteiger partial charge < -0.3 is 10.1 Å². The molecule has 0 aromatic heterocycles. The average Bonchev–Trinajstić information content (AvgIpc) is 2.83. The van der Waals surface area contributed by atoms with E-state index in [2.05, 4.69) is 29.6 Å². The van der Waals surface area contributed by atoms with Gasteiger partial charge in [-0.25, -0.2) is 0 Å². The maximum Gasteiger partial charge on any atom is 0.0666 e. The van der Waals surface area contributed by atoms with Gasteiger partial charge in [0.15, 0.2) is 0 Å². The minimum atomic E-state index is 0.515. The van der Waals surface area contributed by atoms with Crippen LogP contribution in [0.4, 0.5) is 5.69 Å². The molecule has 0 bridgehead atoms. The molecule has 2 nitrogen and oxygen atoms in total. The van der Waals surface area contributed by atoms with E-state index in [9.17, 15) is 0 Å². The van der Waals surface area contributed by atoms with Crippen LogP contribution in [0.5, 0.6) is 0 Å². The van der Waals surface area contributed by atoms with E-state index in [-0.39, 0.29) is 0 Å². The monoisotopic (exact) mass is 237 g/mol. The van der Waals surface area contributed by atoms with E-state index < -0.39 is 0 Å². The number of benzene rings is 1. The van der Waals surface area contributed by atoms with Crippen molar-refractivity contribution in [2.45, 2.75) is 18.9 Å². The molecule has 0 amide bonds. The summed E-state index contributed by atoms with van der Waals surface area (Å²) in [5.74, 6) is 2.30. The van der Waals surface area contributed by atoms with Crippen molar-refractivity contribution in [1.82, 2.24) is 0 Å². The van der Waals surface area contributed by atoms with E-state index in [1.807, 2.05) is 17.8 Å². The van der Waals surface area contributed by atoms with Crippen LogP contribution in [-0.4, -0.2) is 30.8 Å². The molecule has 1 atom stereocenters. The second-order valence-corrected chi connectivity index (χ2v) is 5.15. The van der Waals surface area contributed by atoms with Crippen LogP contribution in [-0.2, 0) is 4.74 Å². The second kappa shape index (κ2) is 6.81. The molecule has 1 heterocycles. The summed E-state index contributed by atoms with van der Waals surface area (Å²) in [5.41, 5.74) is 1.21. The minimum Gasteiger partial charge on any atom is -0.384 e. The van der Waals surface area contributed by atoms with Crippen molar-refractivity contribution in [3.8, 4) is 0 Å². The van der Waals surface area contributed by atoms with Crippen molar-refractivity contribution in [3.05, 3.63) is 30.3 Å². The van der Waals surface area contributed by atoms with Crippen LogP contribution in [0.2, 0.25) is 0 Å². The summed E-state index contributed by atoms with van der Waals surface area (Å²) >= 11 is 1.98. The molecule has 1 saturated heterocycles. The number of rotatable bonds is 6. The normalized spacial score (nSPS) is 19.9. The SMILES string of the molecule is c1ccc(NCCSCC2CCCO2)cc1. The van der Waals surface area contributed by atoms with Crippen molar-refractivity contribution in [2.24, 2.45) is 0 Å². The zero-order valence-corrected chi connectivity index (χ0v) is 10.3. The van der Waals surface area contributed by atoms with E-state index in [0.717, 1.165) is 24.7 Å². The molecule has 1 fully saturated rings. The van der Waals surface area contributed by atoms with Crippen LogP contribution in [0, 0.1) is 0 Å². The summed E-state index contributed by atoms with van der Waals surface area (Å²) in [6, 6.07) is 10.4. The Kier molecular flexibility index (Phi) is 5.03. The molecular weight excluding hydrogens is 218 g/mol. The Labute approximate surface area is 102 Å². The topological polar surface area (TPSA) is 21.3 Å². The number of hydrogen-bond acceptors (Lipinski definition) is 3. The van der Waals surface area contributed by atoms with Gasteiger partial charge >= 0.3 is 0 Å². The summed E-state index contributed by atoms with van der Waals surface area (Å²) < 4.78 is 5.58. The zero-order chi connectivity index (χ0) is 11.1. The van der Waals surface area contributed by atoms with Crippen LogP contribution >= 0.6 is 11.8 Å². The Morgan fingerprint density at radius 1 is 1.31 bits per heavy atom. The van der Waals surface area contributed by atoms with E-state index in [0.29, 0.717) is 6.10 Å². The Hall–Kier alpha value is -0.670. The van der Waals surface area contributed by atoms with Crippen molar-refractivity contribution in [2.75, 3.05) is 30.0 Å². The molecular formula is C13H19NOS. The van der Waals surface area contributed by atoms with Crippen LogP contribution in [0.25, 0.3) is 0 Å². The highest BCUT2D eigenvalue weighted by molar-refractivity contribution is 7.99. The zero-order valence-electron chi connectivity index (χ0n) is 9.52. The first-order valence-corrected chi connectivity index (χ1v) is 7.09. The lowest BCUT2D eigenvalue weighted by Crippen LogP contribution is -2.11. The summed E-state index contributed by atoms with van der Waals surface area (Å²) in [7, 11) is 0. The molecule has 16 heavy (non-hydrogen) atoms. The van der Waals surface area contributed by atoms with Gasteiger partial charge in [-0.3, -0.25) is 0 Å². The number of thioether (sulfide) groups is 1. The standard InChI is InChI=1S/C13H19NOS/c1-2-5-12(6-3-1)14-8-10-16-11-13-7-4-9-15-13/h1-3,5-6,13-14H,4,7-11H2. The molecule has 1 unspecified atom stereocenters. The number of nitrogens with one attached hydrogen (secondary N) is 1. The van der Waals surface area contributed by atoms with Gasteiger partial charge in [-0.2, -0.15) is 11.8 Å². The third-order valence-electron chi connectivity index (χ3n) is 2.68. The highest BCUT2D eigenvalue weighted by atomic mass is 32.2. The number of para-hydroxylation sites is 1. The maximum atomic E-state index is 5.58. The smallest absolute Gasteiger partial charge is 0.0666 e. The van der Waals surface area contributed by atoms with E-state index in [4.69, 9.17) is 4.74 Å². The van der Waals surface area contributed by atoms with Crippen LogP contribution in [0.1, 0.15) is 12.8 Å². The van der Waals surface area contributed by atoms with Crippen molar-refractivity contribution in [3.63, 3.8) is 0 Å². The molecule has 0 aliphatic carbocycles. The summed E-state index contributed by atoms with van der Waals surface area (Å²) in [6.45, 7) is 1.99. The van der Waals surface area contributed by atoms with E-state index >= 15 is 0 Å². The summed E-state index contributed by atoms with van der Waals surface area (Å²) in [4.78, 5) is 0. The Balaban J connectivity index is 1.52. The first kappa shape index (κ1) is 11.8. The highest BCUT2D eigenvalue weighted by Crippen LogP contribution is 2.16. The molecule has 1 aliphatic rings. The van der Waals surface area contributed by atoms with Gasteiger partial charge in [-0.1, -0.05) is 18.2 Å². The van der Waals surface area contributed by atoms with Gasteiger partial charge in [0.1, 0.15) is 0 Å². The number of anilines is 1.